The first-order chi connectivity index (χ1) is 9.38. The van der Waals surface area contributed by atoms with Gasteiger partial charge >= 0.3 is 0 Å². The Balaban J connectivity index is 2.23. The molecule has 1 aromatic heterocycles. The minimum absolute atomic E-state index is 0.0540. The molecule has 0 radical (unpaired) electrons. The van der Waals surface area contributed by atoms with Crippen LogP contribution in [0, 0.1) is 0 Å². The second kappa shape index (κ2) is 5.80. The van der Waals surface area contributed by atoms with Crippen LogP contribution < -0.4 is 0 Å². The average Bonchev–Trinajstić information content (AvgIpc) is 2.85. The zero-order valence-electron chi connectivity index (χ0n) is 11.8. The van der Waals surface area contributed by atoms with E-state index in [0.717, 1.165) is 0 Å². The summed E-state index contributed by atoms with van der Waals surface area (Å²) in [5.74, 6) is 0. The predicted molar refractivity (Wildman–Crippen MR) is 72.7 cm³/mol. The van der Waals surface area contributed by atoms with E-state index in [9.17, 15) is 8.42 Å². The Kier molecular flexibility index (Phi) is 4.48. The highest BCUT2D eigenvalue weighted by atomic mass is 32.2. The molecule has 1 aliphatic heterocycles. The molecule has 0 saturated carbocycles. The topological polar surface area (TPSA) is 84.7 Å². The lowest BCUT2D eigenvalue weighted by Gasteiger charge is -2.40. The van der Waals surface area contributed by atoms with Gasteiger partial charge in [0.2, 0.25) is 10.0 Å². The number of nitrogens with zero attached hydrogens (tertiary/aromatic N) is 3. The molecular weight excluding hydrogens is 282 g/mol. The molecule has 2 heterocycles. The molecule has 0 spiro atoms. The summed E-state index contributed by atoms with van der Waals surface area (Å²) >= 11 is 0. The molecular formula is C12H21N3O4S. The molecule has 0 atom stereocenters. The van der Waals surface area contributed by atoms with Crippen LogP contribution in [0.1, 0.15) is 20.3 Å². The number of sulfonamides is 1. The minimum Gasteiger partial charge on any atom is -0.396 e. The molecule has 1 saturated heterocycles. The van der Waals surface area contributed by atoms with Crippen molar-refractivity contribution in [2.75, 3.05) is 26.4 Å². The lowest BCUT2D eigenvalue weighted by atomic mass is 10.1. The second-order valence-corrected chi connectivity index (χ2v) is 7.32. The van der Waals surface area contributed by atoms with E-state index in [1.807, 2.05) is 13.8 Å². The van der Waals surface area contributed by atoms with Gasteiger partial charge in [-0.05, 0) is 20.3 Å². The maximum Gasteiger partial charge on any atom is 0.246 e. The van der Waals surface area contributed by atoms with Gasteiger partial charge in [0.15, 0.2) is 0 Å². The zero-order valence-corrected chi connectivity index (χ0v) is 12.6. The highest BCUT2D eigenvalue weighted by molar-refractivity contribution is 7.89. The van der Waals surface area contributed by atoms with Gasteiger partial charge in [-0.25, -0.2) is 8.42 Å². The molecule has 8 heteroatoms. The number of aromatic nitrogens is 2. The molecule has 7 nitrogen and oxygen atoms in total. The summed E-state index contributed by atoms with van der Waals surface area (Å²) in [4.78, 5) is 0.186. The maximum atomic E-state index is 12.7. The van der Waals surface area contributed by atoms with E-state index in [-0.39, 0.29) is 11.5 Å². The molecule has 0 bridgehead atoms. The number of aliphatic hydroxyl groups excluding tert-OH is 1. The Morgan fingerprint density at radius 3 is 2.90 bits per heavy atom. The quantitative estimate of drug-likeness (QED) is 0.832. The predicted octanol–water partition coefficient (Wildman–Crippen LogP) is 0.0650. The van der Waals surface area contributed by atoms with E-state index >= 15 is 0 Å². The van der Waals surface area contributed by atoms with E-state index in [1.165, 1.54) is 21.4 Å². The summed E-state index contributed by atoms with van der Waals surface area (Å²) < 4.78 is 33.7. The van der Waals surface area contributed by atoms with Crippen molar-refractivity contribution in [3.63, 3.8) is 0 Å². The number of hydrogen-bond donors (Lipinski definition) is 1. The Bertz CT molecular complexity index is 553. The van der Waals surface area contributed by atoms with Gasteiger partial charge in [0.1, 0.15) is 4.90 Å². The van der Waals surface area contributed by atoms with Crippen LogP contribution in [0.3, 0.4) is 0 Å². The van der Waals surface area contributed by atoms with E-state index in [2.05, 4.69) is 5.10 Å². The second-order valence-electron chi connectivity index (χ2n) is 5.46. The number of rotatable bonds is 5. The SMILES string of the molecule is CC1(C)COCCN1S(=O)(=O)c1cnn(CCCO)c1. The lowest BCUT2D eigenvalue weighted by molar-refractivity contribution is -0.00771. The summed E-state index contributed by atoms with van der Waals surface area (Å²) in [6.45, 7) is 5.38. The van der Waals surface area contributed by atoms with Crippen molar-refractivity contribution >= 4 is 10.0 Å². The normalized spacial score (nSPS) is 20.1. The van der Waals surface area contributed by atoms with Gasteiger partial charge < -0.3 is 9.84 Å². The van der Waals surface area contributed by atoms with E-state index in [4.69, 9.17) is 9.84 Å². The molecule has 0 aliphatic carbocycles. The smallest absolute Gasteiger partial charge is 0.246 e. The molecule has 2 rings (SSSR count). The van der Waals surface area contributed by atoms with Crippen LogP contribution in [0.5, 0.6) is 0 Å². The first kappa shape index (κ1) is 15.4. The van der Waals surface area contributed by atoms with Crippen molar-refractivity contribution in [3.05, 3.63) is 12.4 Å². The third-order valence-corrected chi connectivity index (χ3v) is 5.38. The first-order valence-electron chi connectivity index (χ1n) is 6.62. The molecule has 0 amide bonds. The van der Waals surface area contributed by atoms with E-state index in [1.54, 1.807) is 0 Å². The van der Waals surface area contributed by atoms with Crippen LogP contribution in [0.4, 0.5) is 0 Å². The molecule has 20 heavy (non-hydrogen) atoms. The number of morpholine rings is 1. The fourth-order valence-electron chi connectivity index (χ4n) is 2.25. The van der Waals surface area contributed by atoms with Crippen LogP contribution in [-0.4, -0.2) is 59.5 Å². The Morgan fingerprint density at radius 2 is 2.25 bits per heavy atom. The van der Waals surface area contributed by atoms with Crippen LogP contribution >= 0.6 is 0 Å². The average molecular weight is 303 g/mol. The molecule has 1 aromatic rings. The molecule has 114 valence electrons. The Hall–Kier alpha value is -0.960. The van der Waals surface area contributed by atoms with E-state index in [0.29, 0.717) is 32.7 Å². The maximum absolute atomic E-state index is 12.7. The third kappa shape index (κ3) is 3.03. The van der Waals surface area contributed by atoms with Crippen LogP contribution in [0.25, 0.3) is 0 Å². The molecule has 1 fully saturated rings. The molecule has 0 aromatic carbocycles. The number of ether oxygens (including phenoxy) is 1. The third-order valence-electron chi connectivity index (χ3n) is 3.31. The molecule has 1 N–H and O–H groups in total. The monoisotopic (exact) mass is 303 g/mol. The van der Waals surface area contributed by atoms with E-state index < -0.39 is 15.6 Å². The highest BCUT2D eigenvalue weighted by Crippen LogP contribution is 2.27. The summed E-state index contributed by atoms with van der Waals surface area (Å²) in [5.41, 5.74) is -0.565. The van der Waals surface area contributed by atoms with Gasteiger partial charge in [-0.1, -0.05) is 0 Å². The first-order valence-corrected chi connectivity index (χ1v) is 8.06. The van der Waals surface area contributed by atoms with Crippen molar-refractivity contribution in [2.24, 2.45) is 0 Å². The number of aliphatic hydroxyl groups is 1. The fourth-order valence-corrected chi connectivity index (χ4v) is 3.96. The van der Waals surface area contributed by atoms with Gasteiger partial charge in [-0.3, -0.25) is 4.68 Å². The van der Waals surface area contributed by atoms with Crippen molar-refractivity contribution < 1.29 is 18.3 Å². The largest absolute Gasteiger partial charge is 0.396 e. The van der Waals surface area contributed by atoms with Crippen LogP contribution in [0.2, 0.25) is 0 Å². The fraction of sp³-hybridized carbons (Fsp3) is 0.750. The van der Waals surface area contributed by atoms with Crippen molar-refractivity contribution in [3.8, 4) is 0 Å². The summed E-state index contributed by atoms with van der Waals surface area (Å²) in [6, 6.07) is 0. The van der Waals surface area contributed by atoms with Crippen molar-refractivity contribution in [2.45, 2.75) is 37.2 Å². The van der Waals surface area contributed by atoms with Gasteiger partial charge in [-0.2, -0.15) is 9.40 Å². The minimum atomic E-state index is -3.57. The van der Waals surface area contributed by atoms with Gasteiger partial charge in [0.25, 0.3) is 0 Å². The number of aryl methyl sites for hydroxylation is 1. The summed E-state index contributed by atoms with van der Waals surface area (Å²) in [6.07, 6.45) is 3.42. The standard InChI is InChI=1S/C12H21N3O4S/c1-12(2)10-19-7-5-15(12)20(17,18)11-8-13-14(9-11)4-3-6-16/h8-9,16H,3-7,10H2,1-2H3. The Labute approximate surface area is 119 Å². The van der Waals surface area contributed by atoms with Crippen molar-refractivity contribution in [1.82, 2.24) is 14.1 Å². The van der Waals surface area contributed by atoms with Crippen molar-refractivity contribution in [1.29, 1.82) is 0 Å². The van der Waals surface area contributed by atoms with Gasteiger partial charge in [0.05, 0.1) is 24.9 Å². The summed E-state index contributed by atoms with van der Waals surface area (Å²) in [5, 5.41) is 12.8. The zero-order chi connectivity index (χ0) is 14.8. The molecule has 0 unspecified atom stereocenters. The summed E-state index contributed by atoms with van der Waals surface area (Å²) in [7, 11) is -3.57. The lowest BCUT2D eigenvalue weighted by Crippen LogP contribution is -2.55. The van der Waals surface area contributed by atoms with Gasteiger partial charge in [-0.15, -0.1) is 0 Å². The van der Waals surface area contributed by atoms with Crippen LogP contribution in [0.15, 0.2) is 17.3 Å². The Morgan fingerprint density at radius 1 is 1.50 bits per heavy atom. The van der Waals surface area contributed by atoms with Crippen LogP contribution in [-0.2, 0) is 21.3 Å². The number of hydrogen-bond acceptors (Lipinski definition) is 5. The highest BCUT2D eigenvalue weighted by Gasteiger charge is 2.40. The van der Waals surface area contributed by atoms with Gasteiger partial charge in [0, 0.05) is 25.9 Å². The molecule has 1 aliphatic rings.